The summed E-state index contributed by atoms with van der Waals surface area (Å²) in [5.41, 5.74) is -1.60. The van der Waals surface area contributed by atoms with Crippen molar-refractivity contribution in [2.24, 2.45) is 0 Å². The van der Waals surface area contributed by atoms with E-state index in [9.17, 15) is 22.8 Å². The van der Waals surface area contributed by atoms with Crippen molar-refractivity contribution in [3.05, 3.63) is 35.4 Å². The van der Waals surface area contributed by atoms with Gasteiger partial charge >= 0.3 is 12.1 Å². The van der Waals surface area contributed by atoms with Crippen LogP contribution >= 0.6 is 0 Å². The number of carbonyl (C=O) groups is 2. The molecule has 0 heterocycles. The van der Waals surface area contributed by atoms with Gasteiger partial charge < -0.3 is 10.4 Å². The summed E-state index contributed by atoms with van der Waals surface area (Å²) < 4.78 is 38.9. The second-order valence-electron chi connectivity index (χ2n) is 6.14. The fourth-order valence-corrected chi connectivity index (χ4v) is 3.25. The molecule has 0 aromatic heterocycles. The van der Waals surface area contributed by atoms with Gasteiger partial charge in [0.1, 0.15) is 6.04 Å². The van der Waals surface area contributed by atoms with E-state index in [4.69, 9.17) is 5.11 Å². The predicted octanol–water partition coefficient (Wildman–Crippen LogP) is 3.50. The third kappa shape index (κ3) is 3.55. The van der Waals surface area contributed by atoms with Crippen molar-refractivity contribution in [3.8, 4) is 0 Å². The van der Waals surface area contributed by atoms with Crippen molar-refractivity contribution in [2.75, 3.05) is 0 Å². The zero-order valence-electron chi connectivity index (χ0n) is 13.3. The summed E-state index contributed by atoms with van der Waals surface area (Å²) in [6.07, 6.45) is -2.02. The summed E-state index contributed by atoms with van der Waals surface area (Å²) in [5.74, 6) is -1.66. The quantitative estimate of drug-likeness (QED) is 0.860. The molecule has 0 spiro atoms. The fraction of sp³-hybridized carbons (Fsp3) is 0.529. The molecule has 1 aromatic rings. The van der Waals surface area contributed by atoms with Gasteiger partial charge in [0.15, 0.2) is 0 Å². The van der Waals surface area contributed by atoms with Crippen LogP contribution in [0, 0.1) is 0 Å². The molecule has 0 radical (unpaired) electrons. The predicted molar refractivity (Wildman–Crippen MR) is 81.4 cm³/mol. The van der Waals surface area contributed by atoms with Crippen LogP contribution in [0.5, 0.6) is 0 Å². The third-order valence-electron chi connectivity index (χ3n) is 4.65. The maximum absolute atomic E-state index is 13.0. The molecule has 1 aliphatic rings. The minimum absolute atomic E-state index is 0.208. The van der Waals surface area contributed by atoms with E-state index in [1.807, 2.05) is 0 Å². The first-order valence-electron chi connectivity index (χ1n) is 7.92. The van der Waals surface area contributed by atoms with Crippen LogP contribution in [0.3, 0.4) is 0 Å². The van der Waals surface area contributed by atoms with Crippen LogP contribution in [0.15, 0.2) is 24.3 Å². The number of amides is 1. The molecule has 0 bridgehead atoms. The van der Waals surface area contributed by atoms with Gasteiger partial charge in [0.2, 0.25) is 5.91 Å². The van der Waals surface area contributed by atoms with Gasteiger partial charge in [0, 0.05) is 0 Å². The summed E-state index contributed by atoms with van der Waals surface area (Å²) in [6, 6.07) is 3.74. The summed E-state index contributed by atoms with van der Waals surface area (Å²) in [4.78, 5) is 23.9. The van der Waals surface area contributed by atoms with E-state index in [0.717, 1.165) is 12.1 Å². The number of hydrogen-bond donors (Lipinski definition) is 2. The lowest BCUT2D eigenvalue weighted by Gasteiger charge is -2.30. The molecule has 0 saturated heterocycles. The lowest BCUT2D eigenvalue weighted by molar-refractivity contribution is -0.142. The smallest absolute Gasteiger partial charge is 0.416 e. The molecule has 2 N–H and O–H groups in total. The molecule has 7 heteroatoms. The molecule has 0 aliphatic heterocycles. The molecule has 2 rings (SSSR count). The molecule has 1 unspecified atom stereocenters. The Labute approximate surface area is 138 Å². The number of carboxylic acid groups (broad SMARTS) is 1. The Kier molecular flexibility index (Phi) is 5.20. The van der Waals surface area contributed by atoms with E-state index in [1.165, 1.54) is 12.1 Å². The Morgan fingerprint density at radius 3 is 2.42 bits per heavy atom. The van der Waals surface area contributed by atoms with Crippen LogP contribution in [0.1, 0.15) is 50.2 Å². The SMILES string of the molecule is CCC(NC(=O)C1(c2cccc(C(F)(F)F)c2)CCCC1)C(=O)O. The molecule has 4 nitrogen and oxygen atoms in total. The monoisotopic (exact) mass is 343 g/mol. The average molecular weight is 343 g/mol. The van der Waals surface area contributed by atoms with Crippen LogP contribution in [0.4, 0.5) is 13.2 Å². The Morgan fingerprint density at radius 1 is 1.29 bits per heavy atom. The van der Waals surface area contributed by atoms with E-state index in [-0.39, 0.29) is 6.42 Å². The van der Waals surface area contributed by atoms with Crippen LogP contribution in [-0.2, 0) is 21.2 Å². The highest BCUT2D eigenvalue weighted by Gasteiger charge is 2.44. The van der Waals surface area contributed by atoms with Crippen LogP contribution in [-0.4, -0.2) is 23.0 Å². The second kappa shape index (κ2) is 6.83. The molecular formula is C17H20F3NO3. The van der Waals surface area contributed by atoms with Crippen molar-refractivity contribution < 1.29 is 27.9 Å². The van der Waals surface area contributed by atoms with E-state index in [0.29, 0.717) is 31.2 Å². The minimum Gasteiger partial charge on any atom is -0.480 e. The number of halogens is 3. The van der Waals surface area contributed by atoms with Crippen LogP contribution in [0.25, 0.3) is 0 Å². The minimum atomic E-state index is -4.49. The first kappa shape index (κ1) is 18.3. The average Bonchev–Trinajstić information content (AvgIpc) is 3.02. The molecule has 1 atom stereocenters. The number of nitrogens with one attached hydrogen (secondary N) is 1. The van der Waals surface area contributed by atoms with Crippen molar-refractivity contribution in [1.29, 1.82) is 0 Å². The molecule has 132 valence electrons. The number of benzene rings is 1. The topological polar surface area (TPSA) is 66.4 Å². The molecule has 1 fully saturated rings. The number of aliphatic carboxylic acids is 1. The first-order chi connectivity index (χ1) is 11.2. The van der Waals surface area contributed by atoms with Gasteiger partial charge in [-0.2, -0.15) is 13.2 Å². The van der Waals surface area contributed by atoms with Crippen molar-refractivity contribution in [1.82, 2.24) is 5.32 Å². The highest BCUT2D eigenvalue weighted by molar-refractivity contribution is 5.91. The molecule has 1 amide bonds. The maximum Gasteiger partial charge on any atom is 0.416 e. The van der Waals surface area contributed by atoms with Gasteiger partial charge in [-0.25, -0.2) is 4.79 Å². The van der Waals surface area contributed by atoms with Crippen molar-refractivity contribution in [3.63, 3.8) is 0 Å². The Morgan fingerprint density at radius 2 is 1.92 bits per heavy atom. The summed E-state index contributed by atoms with van der Waals surface area (Å²) >= 11 is 0. The first-order valence-corrected chi connectivity index (χ1v) is 7.92. The Bertz CT molecular complexity index is 622. The van der Waals surface area contributed by atoms with E-state index < -0.39 is 35.1 Å². The maximum atomic E-state index is 13.0. The second-order valence-corrected chi connectivity index (χ2v) is 6.14. The van der Waals surface area contributed by atoms with E-state index in [1.54, 1.807) is 6.92 Å². The normalized spacial score (nSPS) is 18.2. The standard InChI is InChI=1S/C17H20F3NO3/c1-2-13(14(22)23)21-15(24)16(8-3-4-9-16)11-6-5-7-12(10-11)17(18,19)20/h5-7,10,13H,2-4,8-9H2,1H3,(H,21,24)(H,22,23). The van der Waals surface area contributed by atoms with Crippen LogP contribution < -0.4 is 5.32 Å². The lowest BCUT2D eigenvalue weighted by atomic mass is 9.77. The van der Waals surface area contributed by atoms with Gasteiger partial charge in [-0.05, 0) is 30.9 Å². The highest BCUT2D eigenvalue weighted by Crippen LogP contribution is 2.43. The van der Waals surface area contributed by atoms with Gasteiger partial charge in [-0.15, -0.1) is 0 Å². The number of hydrogen-bond acceptors (Lipinski definition) is 2. The highest BCUT2D eigenvalue weighted by atomic mass is 19.4. The van der Waals surface area contributed by atoms with Gasteiger partial charge in [-0.3, -0.25) is 4.79 Å². The molecule has 1 saturated carbocycles. The zero-order chi connectivity index (χ0) is 18.0. The largest absolute Gasteiger partial charge is 0.480 e. The summed E-state index contributed by atoms with van der Waals surface area (Å²) in [6.45, 7) is 1.63. The number of alkyl halides is 3. The molecule has 1 aliphatic carbocycles. The van der Waals surface area contributed by atoms with E-state index >= 15 is 0 Å². The van der Waals surface area contributed by atoms with Gasteiger partial charge in [-0.1, -0.05) is 38.0 Å². The van der Waals surface area contributed by atoms with Crippen molar-refractivity contribution in [2.45, 2.75) is 56.7 Å². The zero-order valence-corrected chi connectivity index (χ0v) is 13.3. The number of carboxylic acids is 1. The number of carbonyl (C=O) groups excluding carboxylic acids is 1. The Hall–Kier alpha value is -2.05. The summed E-state index contributed by atoms with van der Waals surface area (Å²) in [7, 11) is 0. The van der Waals surface area contributed by atoms with Gasteiger partial charge in [0.05, 0.1) is 11.0 Å². The number of rotatable bonds is 5. The van der Waals surface area contributed by atoms with Gasteiger partial charge in [0.25, 0.3) is 0 Å². The van der Waals surface area contributed by atoms with Crippen molar-refractivity contribution >= 4 is 11.9 Å². The molecule has 1 aromatic carbocycles. The van der Waals surface area contributed by atoms with Crippen LogP contribution in [0.2, 0.25) is 0 Å². The molecule has 24 heavy (non-hydrogen) atoms. The Balaban J connectivity index is 2.38. The third-order valence-corrected chi connectivity index (χ3v) is 4.65. The lowest BCUT2D eigenvalue weighted by Crippen LogP contribution is -2.49. The fourth-order valence-electron chi connectivity index (χ4n) is 3.25. The summed E-state index contributed by atoms with van der Waals surface area (Å²) in [5, 5.41) is 11.6. The van der Waals surface area contributed by atoms with E-state index in [2.05, 4.69) is 5.32 Å². The molecular weight excluding hydrogens is 323 g/mol.